The fourth-order valence-electron chi connectivity index (χ4n) is 1.44. The minimum absolute atomic E-state index is 0.140. The van der Waals surface area contributed by atoms with Gasteiger partial charge in [-0.25, -0.2) is 4.98 Å². The minimum atomic E-state index is 0.140. The van der Waals surface area contributed by atoms with E-state index in [0.717, 1.165) is 18.9 Å². The first-order valence-electron chi connectivity index (χ1n) is 4.60. The molecule has 1 aromatic heterocycles. The quantitative estimate of drug-likeness (QED) is 0.628. The van der Waals surface area contributed by atoms with Gasteiger partial charge in [0.1, 0.15) is 5.82 Å². The molecule has 3 heteroatoms. The molecular weight excluding hydrogens is 162 g/mol. The molecule has 0 bridgehead atoms. The Bertz CT molecular complexity index is 278. The lowest BCUT2D eigenvalue weighted by Crippen LogP contribution is -2.42. The summed E-state index contributed by atoms with van der Waals surface area (Å²) in [6, 6.07) is 4.07. The molecule has 0 aliphatic carbocycles. The highest BCUT2D eigenvalue weighted by atomic mass is 15.1. The van der Waals surface area contributed by atoms with Crippen molar-refractivity contribution in [2.24, 2.45) is 0 Å². The SMILES string of the molecule is CC1(C)CNc2ncccc2CN1. The minimum Gasteiger partial charge on any atom is -0.368 e. The van der Waals surface area contributed by atoms with Crippen LogP contribution in [0.1, 0.15) is 19.4 Å². The third-order valence-electron chi connectivity index (χ3n) is 2.35. The van der Waals surface area contributed by atoms with Gasteiger partial charge in [0, 0.05) is 30.4 Å². The van der Waals surface area contributed by atoms with Crippen LogP contribution < -0.4 is 10.6 Å². The van der Waals surface area contributed by atoms with Crippen molar-refractivity contribution in [2.45, 2.75) is 25.9 Å². The molecule has 1 aliphatic rings. The molecule has 0 radical (unpaired) electrons. The Morgan fingerprint density at radius 3 is 3.15 bits per heavy atom. The second kappa shape index (κ2) is 3.00. The molecule has 1 aromatic rings. The number of hydrogen-bond donors (Lipinski definition) is 2. The number of anilines is 1. The van der Waals surface area contributed by atoms with Gasteiger partial charge in [-0.3, -0.25) is 0 Å². The fraction of sp³-hybridized carbons (Fsp3) is 0.500. The largest absolute Gasteiger partial charge is 0.368 e. The average Bonchev–Trinajstić information content (AvgIpc) is 2.27. The lowest BCUT2D eigenvalue weighted by Gasteiger charge is -2.23. The molecule has 0 saturated carbocycles. The molecule has 13 heavy (non-hydrogen) atoms. The second-order valence-corrected chi connectivity index (χ2v) is 4.10. The molecule has 2 heterocycles. The molecule has 0 spiro atoms. The monoisotopic (exact) mass is 177 g/mol. The number of rotatable bonds is 0. The van der Waals surface area contributed by atoms with Gasteiger partial charge >= 0.3 is 0 Å². The van der Waals surface area contributed by atoms with E-state index >= 15 is 0 Å². The van der Waals surface area contributed by atoms with Crippen LogP contribution in [0.2, 0.25) is 0 Å². The van der Waals surface area contributed by atoms with E-state index in [9.17, 15) is 0 Å². The highest BCUT2D eigenvalue weighted by Crippen LogP contribution is 2.17. The van der Waals surface area contributed by atoms with Crippen LogP contribution >= 0.6 is 0 Å². The van der Waals surface area contributed by atoms with Crippen molar-refractivity contribution >= 4 is 5.82 Å². The van der Waals surface area contributed by atoms with E-state index in [4.69, 9.17) is 0 Å². The summed E-state index contributed by atoms with van der Waals surface area (Å²) in [6.07, 6.45) is 1.82. The lowest BCUT2D eigenvalue weighted by molar-refractivity contribution is 0.414. The Balaban J connectivity index is 2.27. The van der Waals surface area contributed by atoms with E-state index in [1.165, 1.54) is 5.56 Å². The molecule has 3 nitrogen and oxygen atoms in total. The molecule has 0 amide bonds. The second-order valence-electron chi connectivity index (χ2n) is 4.10. The van der Waals surface area contributed by atoms with Crippen molar-refractivity contribution in [1.82, 2.24) is 10.3 Å². The number of fused-ring (bicyclic) bond motifs is 1. The Morgan fingerprint density at radius 1 is 1.46 bits per heavy atom. The number of aromatic nitrogens is 1. The van der Waals surface area contributed by atoms with Gasteiger partial charge in [0.25, 0.3) is 0 Å². The van der Waals surface area contributed by atoms with E-state index < -0.39 is 0 Å². The molecule has 0 atom stereocenters. The number of pyridine rings is 1. The molecule has 0 aromatic carbocycles. The van der Waals surface area contributed by atoms with Crippen molar-refractivity contribution < 1.29 is 0 Å². The first-order valence-corrected chi connectivity index (χ1v) is 4.60. The van der Waals surface area contributed by atoms with Crippen LogP contribution in [0, 0.1) is 0 Å². The summed E-state index contributed by atoms with van der Waals surface area (Å²) >= 11 is 0. The van der Waals surface area contributed by atoms with Gasteiger partial charge in [0.2, 0.25) is 0 Å². The summed E-state index contributed by atoms with van der Waals surface area (Å²) in [6.45, 7) is 6.18. The summed E-state index contributed by atoms with van der Waals surface area (Å²) in [5.41, 5.74) is 1.38. The topological polar surface area (TPSA) is 37.0 Å². The normalized spacial score (nSPS) is 19.8. The zero-order chi connectivity index (χ0) is 9.31. The molecule has 0 unspecified atom stereocenters. The van der Waals surface area contributed by atoms with Crippen molar-refractivity contribution in [3.63, 3.8) is 0 Å². The molecule has 2 N–H and O–H groups in total. The molecule has 0 saturated heterocycles. The Kier molecular flexibility index (Phi) is 1.96. The third-order valence-corrected chi connectivity index (χ3v) is 2.35. The highest BCUT2D eigenvalue weighted by molar-refractivity contribution is 5.45. The number of nitrogens with zero attached hydrogens (tertiary/aromatic N) is 1. The Hall–Kier alpha value is -1.09. The van der Waals surface area contributed by atoms with Crippen LogP contribution in [-0.4, -0.2) is 17.1 Å². The standard InChI is InChI=1S/C10H15N3/c1-10(2)7-12-9-8(6-13-10)4-3-5-11-9/h3-5,13H,6-7H2,1-2H3,(H,11,12). The van der Waals surface area contributed by atoms with E-state index in [0.29, 0.717) is 0 Å². The molecular formula is C10H15N3. The van der Waals surface area contributed by atoms with Gasteiger partial charge in [0.05, 0.1) is 0 Å². The maximum atomic E-state index is 4.29. The van der Waals surface area contributed by atoms with E-state index in [-0.39, 0.29) is 5.54 Å². The maximum absolute atomic E-state index is 4.29. The molecule has 0 fully saturated rings. The average molecular weight is 177 g/mol. The van der Waals surface area contributed by atoms with E-state index in [1.807, 2.05) is 12.3 Å². The van der Waals surface area contributed by atoms with Crippen molar-refractivity contribution in [3.8, 4) is 0 Å². The number of hydrogen-bond acceptors (Lipinski definition) is 3. The van der Waals surface area contributed by atoms with Gasteiger partial charge in [-0.15, -0.1) is 0 Å². The Labute approximate surface area is 78.6 Å². The zero-order valence-corrected chi connectivity index (χ0v) is 8.09. The van der Waals surface area contributed by atoms with E-state index in [2.05, 4.69) is 35.5 Å². The third kappa shape index (κ3) is 1.80. The predicted octanol–water partition coefficient (Wildman–Crippen LogP) is 1.38. The van der Waals surface area contributed by atoms with Crippen molar-refractivity contribution in [3.05, 3.63) is 23.9 Å². The summed E-state index contributed by atoms with van der Waals surface area (Å²) in [7, 11) is 0. The van der Waals surface area contributed by atoms with Gasteiger partial charge in [-0.1, -0.05) is 6.07 Å². The number of nitrogens with one attached hydrogen (secondary N) is 2. The van der Waals surface area contributed by atoms with Crippen molar-refractivity contribution in [1.29, 1.82) is 0 Å². The fourth-order valence-corrected chi connectivity index (χ4v) is 1.44. The lowest BCUT2D eigenvalue weighted by atomic mass is 10.1. The van der Waals surface area contributed by atoms with Gasteiger partial charge in [-0.05, 0) is 19.9 Å². The van der Waals surface area contributed by atoms with Crippen LogP contribution in [0.25, 0.3) is 0 Å². The van der Waals surface area contributed by atoms with E-state index in [1.54, 1.807) is 0 Å². The summed E-state index contributed by atoms with van der Waals surface area (Å²) in [5.74, 6) is 1.01. The Morgan fingerprint density at radius 2 is 2.31 bits per heavy atom. The predicted molar refractivity (Wildman–Crippen MR) is 53.6 cm³/mol. The first-order chi connectivity index (χ1) is 6.17. The molecule has 1 aliphatic heterocycles. The van der Waals surface area contributed by atoms with Crippen LogP contribution in [-0.2, 0) is 6.54 Å². The summed E-state index contributed by atoms with van der Waals surface area (Å²) in [4.78, 5) is 4.29. The molecule has 2 rings (SSSR count). The summed E-state index contributed by atoms with van der Waals surface area (Å²) < 4.78 is 0. The smallest absolute Gasteiger partial charge is 0.130 e. The van der Waals surface area contributed by atoms with Crippen LogP contribution in [0.3, 0.4) is 0 Å². The zero-order valence-electron chi connectivity index (χ0n) is 8.09. The van der Waals surface area contributed by atoms with Gasteiger partial charge < -0.3 is 10.6 Å². The summed E-state index contributed by atoms with van der Waals surface area (Å²) in [5, 5.41) is 6.82. The van der Waals surface area contributed by atoms with Crippen molar-refractivity contribution in [2.75, 3.05) is 11.9 Å². The first kappa shape index (κ1) is 8.51. The molecule has 70 valence electrons. The van der Waals surface area contributed by atoms with Gasteiger partial charge in [-0.2, -0.15) is 0 Å². The van der Waals surface area contributed by atoms with Crippen LogP contribution in [0.15, 0.2) is 18.3 Å². The highest BCUT2D eigenvalue weighted by Gasteiger charge is 2.21. The van der Waals surface area contributed by atoms with Gasteiger partial charge in [0.15, 0.2) is 0 Å². The van der Waals surface area contributed by atoms with Crippen LogP contribution in [0.5, 0.6) is 0 Å². The maximum Gasteiger partial charge on any atom is 0.130 e. The van der Waals surface area contributed by atoms with Crippen LogP contribution in [0.4, 0.5) is 5.82 Å².